The first-order chi connectivity index (χ1) is 10.9. The number of nitrogens with zero attached hydrogens (tertiary/aromatic N) is 4. The fraction of sp³-hybridized carbons (Fsp3) is 0.412. The van der Waals surface area contributed by atoms with Crippen LogP contribution in [-0.2, 0) is 0 Å². The number of furan rings is 1. The summed E-state index contributed by atoms with van der Waals surface area (Å²) in [4.78, 5) is 2.55. The van der Waals surface area contributed by atoms with Crippen LogP contribution < -0.4 is 0 Å². The van der Waals surface area contributed by atoms with Crippen LogP contribution in [0.1, 0.15) is 18.9 Å². The Labute approximate surface area is 128 Å². The Hall–Kier alpha value is -2.14. The lowest BCUT2D eigenvalue weighted by Crippen LogP contribution is -2.48. The van der Waals surface area contributed by atoms with Gasteiger partial charge in [0.05, 0.1) is 18.5 Å². The van der Waals surface area contributed by atoms with E-state index < -0.39 is 0 Å². The number of fused-ring (bicyclic) bond motifs is 4. The topological polar surface area (TPSA) is 47.1 Å². The average Bonchev–Trinajstić information content (AvgIpc) is 3.24. The molecule has 0 radical (unpaired) electrons. The van der Waals surface area contributed by atoms with E-state index in [1.165, 1.54) is 25.9 Å². The van der Waals surface area contributed by atoms with Gasteiger partial charge in [0.25, 0.3) is 0 Å². The summed E-state index contributed by atoms with van der Waals surface area (Å²) in [6, 6.07) is 8.64. The predicted octanol–water partition coefficient (Wildman–Crippen LogP) is 2.96. The van der Waals surface area contributed by atoms with Crippen LogP contribution in [0.5, 0.6) is 0 Å². The summed E-state index contributed by atoms with van der Waals surface area (Å²) < 4.78 is 7.48. The third kappa shape index (κ3) is 1.89. The Balaban J connectivity index is 1.48. The minimum atomic E-state index is 0.487. The fourth-order valence-corrected chi connectivity index (χ4v) is 3.93. The molecule has 0 saturated carbocycles. The van der Waals surface area contributed by atoms with Crippen molar-refractivity contribution in [1.29, 1.82) is 0 Å². The second-order valence-electron chi connectivity index (χ2n) is 6.46. The minimum Gasteiger partial charge on any atom is -0.464 e. The molecule has 0 amide bonds. The van der Waals surface area contributed by atoms with Crippen LogP contribution in [0, 0.1) is 5.92 Å². The Morgan fingerprint density at radius 1 is 1.14 bits per heavy atom. The van der Waals surface area contributed by atoms with Gasteiger partial charge in [-0.1, -0.05) is 5.21 Å². The van der Waals surface area contributed by atoms with E-state index in [0.29, 0.717) is 6.04 Å². The van der Waals surface area contributed by atoms with Crippen molar-refractivity contribution >= 4 is 11.0 Å². The molecule has 0 N–H and O–H groups in total. The van der Waals surface area contributed by atoms with Gasteiger partial charge in [-0.2, -0.15) is 0 Å². The van der Waals surface area contributed by atoms with E-state index in [9.17, 15) is 0 Å². The molecule has 5 nitrogen and oxygen atoms in total. The SMILES string of the molecule is c1cc2cc(-c3cn([C@H]4CN5CCC4CC5)nn3)ccc2o1. The molecule has 0 aliphatic carbocycles. The Morgan fingerprint density at radius 2 is 2.05 bits per heavy atom. The number of rotatable bonds is 2. The first-order valence-electron chi connectivity index (χ1n) is 7.99. The molecule has 112 valence electrons. The van der Waals surface area contributed by atoms with E-state index in [1.807, 2.05) is 12.1 Å². The van der Waals surface area contributed by atoms with Gasteiger partial charge < -0.3 is 9.32 Å². The molecule has 0 unspecified atom stereocenters. The van der Waals surface area contributed by atoms with Crippen LogP contribution in [0.25, 0.3) is 22.2 Å². The maximum atomic E-state index is 5.40. The molecule has 22 heavy (non-hydrogen) atoms. The van der Waals surface area contributed by atoms with Gasteiger partial charge in [0.15, 0.2) is 0 Å². The zero-order chi connectivity index (χ0) is 14.5. The van der Waals surface area contributed by atoms with Gasteiger partial charge in [0.1, 0.15) is 11.3 Å². The summed E-state index contributed by atoms with van der Waals surface area (Å²) in [5, 5.41) is 9.93. The third-order valence-electron chi connectivity index (χ3n) is 5.22. The van der Waals surface area contributed by atoms with Crippen molar-refractivity contribution in [3.63, 3.8) is 0 Å². The van der Waals surface area contributed by atoms with Gasteiger partial charge >= 0.3 is 0 Å². The molecule has 3 aliphatic heterocycles. The first kappa shape index (κ1) is 12.4. The smallest absolute Gasteiger partial charge is 0.133 e. The Bertz CT molecular complexity index is 813. The van der Waals surface area contributed by atoms with E-state index in [-0.39, 0.29) is 0 Å². The maximum Gasteiger partial charge on any atom is 0.133 e. The number of hydrogen-bond donors (Lipinski definition) is 0. The van der Waals surface area contributed by atoms with Crippen LogP contribution in [-0.4, -0.2) is 39.5 Å². The molecular weight excluding hydrogens is 276 g/mol. The normalized spacial score (nSPS) is 27.5. The lowest BCUT2D eigenvalue weighted by molar-refractivity contribution is 0.0504. The summed E-state index contributed by atoms with van der Waals surface area (Å²) in [5.74, 6) is 0.760. The molecule has 3 saturated heterocycles. The fourth-order valence-electron chi connectivity index (χ4n) is 3.93. The second kappa shape index (κ2) is 4.68. The van der Waals surface area contributed by atoms with Crippen molar-refractivity contribution in [3.8, 4) is 11.3 Å². The molecule has 0 spiro atoms. The number of piperidine rings is 3. The quantitative estimate of drug-likeness (QED) is 0.729. The highest BCUT2D eigenvalue weighted by atomic mass is 16.3. The van der Waals surface area contributed by atoms with Gasteiger partial charge in [-0.25, -0.2) is 4.68 Å². The summed E-state index contributed by atoms with van der Waals surface area (Å²) in [5.41, 5.74) is 2.95. The summed E-state index contributed by atoms with van der Waals surface area (Å²) in [7, 11) is 0. The van der Waals surface area contributed by atoms with Crippen molar-refractivity contribution in [1.82, 2.24) is 19.9 Å². The lowest BCUT2D eigenvalue weighted by atomic mass is 9.84. The number of hydrogen-bond acceptors (Lipinski definition) is 4. The van der Waals surface area contributed by atoms with Crippen molar-refractivity contribution in [3.05, 3.63) is 36.7 Å². The highest BCUT2D eigenvalue weighted by molar-refractivity contribution is 5.82. The zero-order valence-electron chi connectivity index (χ0n) is 12.4. The van der Waals surface area contributed by atoms with Crippen molar-refractivity contribution in [2.75, 3.05) is 19.6 Å². The van der Waals surface area contributed by atoms with Crippen LogP contribution in [0.2, 0.25) is 0 Å². The minimum absolute atomic E-state index is 0.487. The Kier molecular flexibility index (Phi) is 2.64. The lowest BCUT2D eigenvalue weighted by Gasteiger charge is -2.44. The average molecular weight is 294 g/mol. The van der Waals surface area contributed by atoms with Crippen molar-refractivity contribution < 1.29 is 4.42 Å². The van der Waals surface area contributed by atoms with E-state index in [1.54, 1.807) is 6.26 Å². The monoisotopic (exact) mass is 294 g/mol. The third-order valence-corrected chi connectivity index (χ3v) is 5.22. The molecule has 3 fully saturated rings. The highest BCUT2D eigenvalue weighted by Crippen LogP contribution is 2.35. The molecule has 1 atom stereocenters. The standard InChI is InChI=1S/C17H18N4O/c1-2-17-14(5-8-22-17)9-13(1)15-10-21(19-18-15)16-11-20-6-3-12(16)4-7-20/h1-2,5,8-10,12,16H,3-4,6-7,11H2/t16-/m0/s1. The first-order valence-corrected chi connectivity index (χ1v) is 7.99. The van der Waals surface area contributed by atoms with Gasteiger partial charge in [-0.3, -0.25) is 0 Å². The summed E-state index contributed by atoms with van der Waals surface area (Å²) in [6.45, 7) is 3.62. The molecule has 3 aliphatic rings. The van der Waals surface area contributed by atoms with Crippen LogP contribution in [0.15, 0.2) is 41.1 Å². The number of aromatic nitrogens is 3. The van der Waals surface area contributed by atoms with Crippen molar-refractivity contribution in [2.24, 2.45) is 5.92 Å². The van der Waals surface area contributed by atoms with Crippen LogP contribution in [0.4, 0.5) is 0 Å². The van der Waals surface area contributed by atoms with E-state index in [0.717, 1.165) is 34.7 Å². The molecule has 5 heterocycles. The largest absolute Gasteiger partial charge is 0.464 e. The molecule has 1 aromatic carbocycles. The van der Waals surface area contributed by atoms with Crippen molar-refractivity contribution in [2.45, 2.75) is 18.9 Å². The van der Waals surface area contributed by atoms with Crippen LogP contribution >= 0.6 is 0 Å². The van der Waals surface area contributed by atoms with E-state index in [2.05, 4.69) is 38.2 Å². The van der Waals surface area contributed by atoms with E-state index >= 15 is 0 Å². The van der Waals surface area contributed by atoms with E-state index in [4.69, 9.17) is 4.42 Å². The van der Waals surface area contributed by atoms with Crippen LogP contribution in [0.3, 0.4) is 0 Å². The van der Waals surface area contributed by atoms with Gasteiger partial charge in [0.2, 0.25) is 0 Å². The second-order valence-corrected chi connectivity index (χ2v) is 6.46. The molecule has 2 aromatic heterocycles. The molecule has 3 aromatic rings. The molecule has 2 bridgehead atoms. The summed E-state index contributed by atoms with van der Waals surface area (Å²) in [6.07, 6.45) is 6.41. The van der Waals surface area contributed by atoms with Gasteiger partial charge in [-0.05, 0) is 56.1 Å². The summed E-state index contributed by atoms with van der Waals surface area (Å²) >= 11 is 0. The molecule has 5 heteroatoms. The molecule has 6 rings (SSSR count). The maximum absolute atomic E-state index is 5.40. The predicted molar refractivity (Wildman–Crippen MR) is 83.4 cm³/mol. The Morgan fingerprint density at radius 3 is 2.86 bits per heavy atom. The van der Waals surface area contributed by atoms with Gasteiger partial charge in [0, 0.05) is 17.5 Å². The zero-order valence-corrected chi connectivity index (χ0v) is 12.4. The number of benzene rings is 1. The molecular formula is C17H18N4O. The van der Waals surface area contributed by atoms with Gasteiger partial charge in [-0.15, -0.1) is 5.10 Å². The highest BCUT2D eigenvalue weighted by Gasteiger charge is 2.35.